The maximum Gasteiger partial charge on any atom is 0.271 e. The van der Waals surface area contributed by atoms with Gasteiger partial charge in [-0.05, 0) is 35.4 Å². The Hall–Kier alpha value is -3.51. The molecule has 5 rings (SSSR count). The summed E-state index contributed by atoms with van der Waals surface area (Å²) in [6.45, 7) is 0.397. The van der Waals surface area contributed by atoms with Gasteiger partial charge >= 0.3 is 0 Å². The fourth-order valence-electron chi connectivity index (χ4n) is 4.06. The average Bonchev–Trinajstić information content (AvgIpc) is 3.13. The van der Waals surface area contributed by atoms with E-state index in [-0.39, 0.29) is 11.8 Å². The van der Waals surface area contributed by atoms with E-state index in [4.69, 9.17) is 0 Å². The minimum absolute atomic E-state index is 0.149. The highest BCUT2D eigenvalue weighted by atomic mass is 32.1. The first-order valence-corrected chi connectivity index (χ1v) is 11.0. The molecule has 5 nitrogen and oxygen atoms in total. The van der Waals surface area contributed by atoms with Crippen LogP contribution in [0.3, 0.4) is 0 Å². The molecule has 0 fully saturated rings. The van der Waals surface area contributed by atoms with E-state index in [1.54, 1.807) is 17.0 Å². The van der Waals surface area contributed by atoms with Gasteiger partial charge in [0.05, 0.1) is 10.2 Å². The Morgan fingerprint density at radius 1 is 0.903 bits per heavy atom. The van der Waals surface area contributed by atoms with Gasteiger partial charge in [-0.25, -0.2) is 0 Å². The molecule has 2 heterocycles. The van der Waals surface area contributed by atoms with Crippen molar-refractivity contribution in [2.45, 2.75) is 19.0 Å². The van der Waals surface area contributed by atoms with Gasteiger partial charge in [0.1, 0.15) is 6.04 Å². The number of aromatic nitrogens is 1. The quantitative estimate of drug-likeness (QED) is 0.487. The van der Waals surface area contributed by atoms with Gasteiger partial charge in [0, 0.05) is 25.6 Å². The Morgan fingerprint density at radius 3 is 2.35 bits per heavy atom. The number of fused-ring (bicyclic) bond motifs is 2. The van der Waals surface area contributed by atoms with Crippen molar-refractivity contribution in [2.24, 2.45) is 12.0 Å². The fraction of sp³-hybridized carbons (Fsp3) is 0.160. The van der Waals surface area contributed by atoms with Gasteiger partial charge in [-0.1, -0.05) is 65.9 Å². The maximum atomic E-state index is 13.4. The van der Waals surface area contributed by atoms with Crippen LogP contribution in [-0.2, 0) is 24.8 Å². The number of hydrogen-bond acceptors (Lipinski definition) is 3. The number of rotatable bonds is 2. The molecule has 0 aliphatic carbocycles. The summed E-state index contributed by atoms with van der Waals surface area (Å²) in [7, 11) is 1.91. The van der Waals surface area contributed by atoms with E-state index in [9.17, 15) is 9.59 Å². The van der Waals surface area contributed by atoms with Gasteiger partial charge < -0.3 is 9.47 Å². The average molecular weight is 428 g/mol. The molecule has 0 unspecified atom stereocenters. The van der Waals surface area contributed by atoms with Crippen molar-refractivity contribution in [2.75, 3.05) is 0 Å². The topological polar surface area (TPSA) is 54.7 Å². The zero-order valence-electron chi connectivity index (χ0n) is 17.1. The van der Waals surface area contributed by atoms with Crippen LogP contribution < -0.4 is 4.80 Å². The highest BCUT2D eigenvalue weighted by Gasteiger charge is 2.35. The van der Waals surface area contributed by atoms with Crippen LogP contribution in [0, 0.1) is 0 Å². The Balaban J connectivity index is 1.56. The molecule has 0 saturated heterocycles. The van der Waals surface area contributed by atoms with Gasteiger partial charge in [-0.3, -0.25) is 9.59 Å². The number of benzene rings is 3. The second-order valence-corrected chi connectivity index (χ2v) is 8.66. The monoisotopic (exact) mass is 427 g/mol. The summed E-state index contributed by atoms with van der Waals surface area (Å²) in [5.74, 6) is -0.440. The van der Waals surface area contributed by atoms with Crippen molar-refractivity contribution in [1.29, 1.82) is 0 Å². The Morgan fingerprint density at radius 2 is 1.58 bits per heavy atom. The van der Waals surface area contributed by atoms with E-state index in [1.807, 2.05) is 78.3 Å². The zero-order valence-corrected chi connectivity index (χ0v) is 17.9. The smallest absolute Gasteiger partial charge is 0.271 e. The van der Waals surface area contributed by atoms with Crippen LogP contribution >= 0.6 is 11.3 Å². The van der Waals surface area contributed by atoms with Crippen molar-refractivity contribution in [3.8, 4) is 0 Å². The molecular weight excluding hydrogens is 406 g/mol. The van der Waals surface area contributed by atoms with E-state index >= 15 is 0 Å². The largest absolute Gasteiger partial charge is 0.322 e. The molecular formula is C25H21N3O2S. The number of carbonyl (C=O) groups excluding carboxylic acids is 2. The van der Waals surface area contributed by atoms with Crippen LogP contribution in [-0.4, -0.2) is 27.3 Å². The van der Waals surface area contributed by atoms with Crippen LogP contribution in [0.25, 0.3) is 10.2 Å². The molecule has 31 heavy (non-hydrogen) atoms. The van der Waals surface area contributed by atoms with Crippen molar-refractivity contribution < 1.29 is 9.59 Å². The minimum atomic E-state index is -0.632. The number of hydrogen-bond donors (Lipinski definition) is 0. The molecule has 0 spiro atoms. The third-order valence-corrected chi connectivity index (χ3v) is 6.85. The summed E-state index contributed by atoms with van der Waals surface area (Å²) in [6.07, 6.45) is 0.464. The lowest BCUT2D eigenvalue weighted by Gasteiger charge is -2.35. The first-order valence-electron chi connectivity index (χ1n) is 10.2. The second-order valence-electron chi connectivity index (χ2n) is 7.65. The highest BCUT2D eigenvalue weighted by molar-refractivity contribution is 7.16. The molecule has 1 aliphatic rings. The summed E-state index contributed by atoms with van der Waals surface area (Å²) in [5.41, 5.74) is 3.77. The lowest BCUT2D eigenvalue weighted by atomic mass is 9.93. The number of thiazole rings is 1. The molecule has 0 radical (unpaired) electrons. The van der Waals surface area contributed by atoms with Gasteiger partial charge in [0.25, 0.3) is 11.8 Å². The van der Waals surface area contributed by atoms with Crippen molar-refractivity contribution in [1.82, 2.24) is 9.47 Å². The fourth-order valence-corrected chi connectivity index (χ4v) is 5.08. The number of nitrogens with zero attached hydrogens (tertiary/aromatic N) is 3. The van der Waals surface area contributed by atoms with Crippen molar-refractivity contribution >= 4 is 33.4 Å². The molecule has 0 saturated carbocycles. The summed E-state index contributed by atoms with van der Waals surface area (Å²) in [5, 5.41) is 0. The summed E-state index contributed by atoms with van der Waals surface area (Å²) >= 11 is 1.48. The van der Waals surface area contributed by atoms with Crippen LogP contribution in [0.15, 0.2) is 83.9 Å². The molecule has 0 N–H and O–H groups in total. The number of carbonyl (C=O) groups is 2. The predicted octanol–water partition coefficient (Wildman–Crippen LogP) is 3.93. The van der Waals surface area contributed by atoms with E-state index in [0.29, 0.717) is 23.3 Å². The summed E-state index contributed by atoms with van der Waals surface area (Å²) in [4.78, 5) is 33.5. The molecule has 1 aliphatic heterocycles. The molecule has 1 aromatic heterocycles. The minimum Gasteiger partial charge on any atom is -0.322 e. The Labute approximate surface area is 183 Å². The summed E-state index contributed by atoms with van der Waals surface area (Å²) < 4.78 is 3.00. The SMILES string of the molecule is Cn1c(=NC(=O)[C@H]2Cc3ccccc3CN2C(=O)c2ccccc2)sc2ccccc21. The van der Waals surface area contributed by atoms with Gasteiger partial charge in [0.2, 0.25) is 0 Å². The van der Waals surface area contributed by atoms with Crippen molar-refractivity contribution in [3.63, 3.8) is 0 Å². The normalized spacial score (nSPS) is 16.4. The molecule has 0 bridgehead atoms. The maximum absolute atomic E-state index is 13.4. The third-order valence-electron chi connectivity index (χ3n) is 5.74. The van der Waals surface area contributed by atoms with Gasteiger partial charge in [-0.15, -0.1) is 0 Å². The Kier molecular flexibility index (Phi) is 5.00. The second kappa shape index (κ2) is 7.96. The van der Waals surface area contributed by atoms with E-state index in [0.717, 1.165) is 21.3 Å². The Bertz CT molecular complexity index is 1350. The number of para-hydroxylation sites is 1. The van der Waals surface area contributed by atoms with E-state index in [1.165, 1.54) is 11.3 Å². The highest BCUT2D eigenvalue weighted by Crippen LogP contribution is 2.26. The number of amides is 2. The first-order chi connectivity index (χ1) is 15.1. The van der Waals surface area contributed by atoms with E-state index < -0.39 is 6.04 Å². The predicted molar refractivity (Wildman–Crippen MR) is 122 cm³/mol. The first kappa shape index (κ1) is 19.5. The molecule has 154 valence electrons. The van der Waals surface area contributed by atoms with Crippen LogP contribution in [0.5, 0.6) is 0 Å². The third kappa shape index (κ3) is 3.59. The van der Waals surface area contributed by atoms with Gasteiger partial charge in [0.15, 0.2) is 4.80 Å². The lowest BCUT2D eigenvalue weighted by molar-refractivity contribution is -0.123. The van der Waals surface area contributed by atoms with Crippen LogP contribution in [0.1, 0.15) is 21.5 Å². The standard InChI is InChI=1S/C25H21N3O2S/c1-27-20-13-7-8-14-22(20)31-25(27)26-23(29)21-15-18-11-5-6-12-19(18)16-28(21)24(30)17-9-3-2-4-10-17/h2-14,21H,15-16H2,1H3/t21-/m1/s1. The molecule has 4 aromatic rings. The molecule has 3 aromatic carbocycles. The van der Waals surface area contributed by atoms with Crippen LogP contribution in [0.2, 0.25) is 0 Å². The van der Waals surface area contributed by atoms with Crippen molar-refractivity contribution in [3.05, 3.63) is 100 Å². The summed E-state index contributed by atoms with van der Waals surface area (Å²) in [6, 6.07) is 24.4. The van der Waals surface area contributed by atoms with Gasteiger partial charge in [-0.2, -0.15) is 4.99 Å². The number of aryl methyl sites for hydroxylation is 1. The molecule has 6 heteroatoms. The molecule has 1 atom stereocenters. The lowest BCUT2D eigenvalue weighted by Crippen LogP contribution is -2.48. The van der Waals surface area contributed by atoms with E-state index in [2.05, 4.69) is 4.99 Å². The zero-order chi connectivity index (χ0) is 21.4. The molecule has 2 amide bonds. The van der Waals surface area contributed by atoms with Crippen LogP contribution in [0.4, 0.5) is 0 Å².